The average molecular weight is 327 g/mol. The van der Waals surface area contributed by atoms with E-state index in [9.17, 15) is 0 Å². The molecule has 2 nitrogen and oxygen atoms in total. The van der Waals surface area contributed by atoms with Gasteiger partial charge >= 0.3 is 0 Å². The third-order valence-corrected chi connectivity index (χ3v) is 3.27. The van der Waals surface area contributed by atoms with Gasteiger partial charge in [-0.25, -0.2) is 0 Å². The summed E-state index contributed by atoms with van der Waals surface area (Å²) in [4.78, 5) is 0. The molecular weight excluding hydrogens is 313 g/mol. The highest BCUT2D eigenvalue weighted by atomic mass is 127. The van der Waals surface area contributed by atoms with Crippen molar-refractivity contribution in [3.8, 4) is 11.3 Å². The van der Waals surface area contributed by atoms with Gasteiger partial charge in [-0.05, 0) is 60.8 Å². The van der Waals surface area contributed by atoms with Crippen molar-refractivity contribution in [1.82, 2.24) is 5.32 Å². The molecular formula is C13H14INO. The minimum absolute atomic E-state index is 0.247. The van der Waals surface area contributed by atoms with Crippen LogP contribution in [0, 0.1) is 3.57 Å². The molecule has 2 rings (SSSR count). The lowest BCUT2D eigenvalue weighted by atomic mass is 10.2. The Morgan fingerprint density at radius 1 is 1.25 bits per heavy atom. The van der Waals surface area contributed by atoms with Gasteiger partial charge in [0.15, 0.2) is 0 Å². The van der Waals surface area contributed by atoms with Crippen LogP contribution in [0.5, 0.6) is 0 Å². The highest BCUT2D eigenvalue weighted by Gasteiger charge is 2.09. The third kappa shape index (κ3) is 2.47. The molecule has 1 N–H and O–H groups in total. The highest BCUT2D eigenvalue weighted by molar-refractivity contribution is 14.1. The van der Waals surface area contributed by atoms with Gasteiger partial charge in [-0.15, -0.1) is 0 Å². The predicted molar refractivity (Wildman–Crippen MR) is 74.3 cm³/mol. The second-order valence-electron chi connectivity index (χ2n) is 3.72. The zero-order chi connectivity index (χ0) is 11.5. The summed E-state index contributed by atoms with van der Waals surface area (Å²) < 4.78 is 7.03. The number of furan rings is 1. The number of rotatable bonds is 3. The Morgan fingerprint density at radius 3 is 2.75 bits per heavy atom. The molecule has 2 aromatic rings. The summed E-state index contributed by atoms with van der Waals surface area (Å²) in [5, 5.41) is 3.16. The van der Waals surface area contributed by atoms with Gasteiger partial charge in [0.1, 0.15) is 11.5 Å². The van der Waals surface area contributed by atoms with Crippen LogP contribution in [-0.2, 0) is 0 Å². The van der Waals surface area contributed by atoms with Crippen molar-refractivity contribution in [3.05, 3.63) is 45.7 Å². The molecule has 0 spiro atoms. The summed E-state index contributed by atoms with van der Waals surface area (Å²) in [6, 6.07) is 12.6. The predicted octanol–water partition coefficient (Wildman–Crippen LogP) is 3.83. The summed E-state index contributed by atoms with van der Waals surface area (Å²) >= 11 is 2.31. The number of hydrogen-bond acceptors (Lipinski definition) is 2. The second-order valence-corrected chi connectivity index (χ2v) is 4.97. The van der Waals surface area contributed by atoms with E-state index in [1.54, 1.807) is 0 Å². The van der Waals surface area contributed by atoms with Gasteiger partial charge in [-0.3, -0.25) is 0 Å². The first-order valence-electron chi connectivity index (χ1n) is 5.23. The Balaban J connectivity index is 2.31. The quantitative estimate of drug-likeness (QED) is 0.867. The maximum atomic E-state index is 5.81. The van der Waals surface area contributed by atoms with E-state index in [4.69, 9.17) is 4.42 Å². The third-order valence-electron chi connectivity index (χ3n) is 2.60. The summed E-state index contributed by atoms with van der Waals surface area (Å²) in [6.45, 7) is 2.08. The Labute approximate surface area is 109 Å². The van der Waals surface area contributed by atoms with Crippen LogP contribution in [0.2, 0.25) is 0 Å². The van der Waals surface area contributed by atoms with Crippen molar-refractivity contribution in [2.24, 2.45) is 0 Å². The van der Waals surface area contributed by atoms with Crippen molar-refractivity contribution in [3.63, 3.8) is 0 Å². The van der Waals surface area contributed by atoms with Crippen LogP contribution in [0.15, 0.2) is 40.8 Å². The molecule has 0 bridgehead atoms. The molecule has 0 saturated carbocycles. The van der Waals surface area contributed by atoms with Crippen molar-refractivity contribution in [2.75, 3.05) is 7.05 Å². The molecule has 84 valence electrons. The lowest BCUT2D eigenvalue weighted by molar-refractivity contribution is 0.458. The molecule has 1 unspecified atom stereocenters. The van der Waals surface area contributed by atoms with Crippen molar-refractivity contribution in [2.45, 2.75) is 13.0 Å². The Bertz CT molecular complexity index is 478. The van der Waals surface area contributed by atoms with E-state index < -0.39 is 0 Å². The lowest BCUT2D eigenvalue weighted by Crippen LogP contribution is -2.10. The molecule has 3 heteroatoms. The standard InChI is InChI=1S/C13H14INO/c1-9(15-2)12-6-7-13(16-12)10-4-3-5-11(14)8-10/h3-9,15H,1-2H3. The first-order valence-corrected chi connectivity index (χ1v) is 6.31. The molecule has 1 aromatic heterocycles. The monoisotopic (exact) mass is 327 g/mol. The zero-order valence-corrected chi connectivity index (χ0v) is 11.5. The van der Waals surface area contributed by atoms with E-state index in [0.29, 0.717) is 0 Å². The van der Waals surface area contributed by atoms with Crippen molar-refractivity contribution in [1.29, 1.82) is 0 Å². The van der Waals surface area contributed by atoms with Crippen LogP contribution in [0.3, 0.4) is 0 Å². The van der Waals surface area contributed by atoms with E-state index in [1.165, 1.54) is 3.57 Å². The number of halogens is 1. The van der Waals surface area contributed by atoms with Crippen LogP contribution in [0.1, 0.15) is 18.7 Å². The first-order chi connectivity index (χ1) is 7.70. The average Bonchev–Trinajstić information content (AvgIpc) is 2.77. The molecule has 0 aliphatic rings. The van der Waals surface area contributed by atoms with Crippen LogP contribution in [0.4, 0.5) is 0 Å². The first kappa shape index (κ1) is 11.7. The minimum Gasteiger partial charge on any atom is -0.459 e. The molecule has 0 saturated heterocycles. The number of hydrogen-bond donors (Lipinski definition) is 1. The molecule has 1 aromatic carbocycles. The van der Waals surface area contributed by atoms with E-state index in [1.807, 2.05) is 25.2 Å². The molecule has 0 aliphatic heterocycles. The second kappa shape index (κ2) is 5.01. The maximum absolute atomic E-state index is 5.81. The van der Waals surface area contributed by atoms with E-state index in [0.717, 1.165) is 17.1 Å². The summed E-state index contributed by atoms with van der Waals surface area (Å²) in [7, 11) is 1.93. The molecule has 16 heavy (non-hydrogen) atoms. The smallest absolute Gasteiger partial charge is 0.134 e. The van der Waals surface area contributed by atoms with Gasteiger partial charge in [-0.1, -0.05) is 12.1 Å². The lowest BCUT2D eigenvalue weighted by Gasteiger charge is -2.05. The molecule has 0 aliphatic carbocycles. The van der Waals surface area contributed by atoms with Crippen LogP contribution >= 0.6 is 22.6 Å². The molecule has 1 heterocycles. The Hall–Kier alpha value is -0.810. The Morgan fingerprint density at radius 2 is 2.06 bits per heavy atom. The number of benzene rings is 1. The molecule has 0 radical (unpaired) electrons. The van der Waals surface area contributed by atoms with Gasteiger partial charge in [0.05, 0.1) is 6.04 Å². The molecule has 1 atom stereocenters. The largest absolute Gasteiger partial charge is 0.459 e. The summed E-state index contributed by atoms with van der Waals surface area (Å²) in [5.41, 5.74) is 1.13. The molecule has 0 amide bonds. The fourth-order valence-electron chi connectivity index (χ4n) is 1.52. The summed E-state index contributed by atoms with van der Waals surface area (Å²) in [6.07, 6.45) is 0. The molecule has 0 fully saturated rings. The Kier molecular flexibility index (Phi) is 3.66. The maximum Gasteiger partial charge on any atom is 0.134 e. The van der Waals surface area contributed by atoms with Gasteiger partial charge < -0.3 is 9.73 Å². The zero-order valence-electron chi connectivity index (χ0n) is 9.33. The van der Waals surface area contributed by atoms with E-state index >= 15 is 0 Å². The van der Waals surface area contributed by atoms with Gasteiger partial charge in [0, 0.05) is 9.13 Å². The fourth-order valence-corrected chi connectivity index (χ4v) is 2.07. The summed E-state index contributed by atoms with van der Waals surface area (Å²) in [5.74, 6) is 1.90. The minimum atomic E-state index is 0.247. The van der Waals surface area contributed by atoms with Gasteiger partial charge in [0.25, 0.3) is 0 Å². The SMILES string of the molecule is CNC(C)c1ccc(-c2cccc(I)c2)o1. The topological polar surface area (TPSA) is 25.2 Å². The van der Waals surface area contributed by atoms with E-state index in [2.05, 4.69) is 53.0 Å². The van der Waals surface area contributed by atoms with Crippen molar-refractivity contribution >= 4 is 22.6 Å². The van der Waals surface area contributed by atoms with Crippen molar-refractivity contribution < 1.29 is 4.42 Å². The van der Waals surface area contributed by atoms with Crippen LogP contribution in [-0.4, -0.2) is 7.05 Å². The van der Waals surface area contributed by atoms with Gasteiger partial charge in [-0.2, -0.15) is 0 Å². The normalized spacial score (nSPS) is 12.7. The van der Waals surface area contributed by atoms with Crippen LogP contribution < -0.4 is 5.32 Å². The number of nitrogens with one attached hydrogen (secondary N) is 1. The highest BCUT2D eigenvalue weighted by Crippen LogP contribution is 2.26. The van der Waals surface area contributed by atoms with E-state index in [-0.39, 0.29) is 6.04 Å². The van der Waals surface area contributed by atoms with Crippen LogP contribution in [0.25, 0.3) is 11.3 Å². The fraction of sp³-hybridized carbons (Fsp3) is 0.231. The van der Waals surface area contributed by atoms with Gasteiger partial charge in [0.2, 0.25) is 0 Å².